The maximum atomic E-state index is 15.0. The summed E-state index contributed by atoms with van der Waals surface area (Å²) in [6, 6.07) is 14.6. The minimum absolute atomic E-state index is 0.0692. The first-order valence-corrected chi connectivity index (χ1v) is 16.6. The van der Waals surface area contributed by atoms with Gasteiger partial charge in [0.25, 0.3) is 5.91 Å². The zero-order valence-electron chi connectivity index (χ0n) is 27.8. The van der Waals surface area contributed by atoms with Crippen LogP contribution in [-0.4, -0.2) is 71.2 Å². The predicted octanol–water partition coefficient (Wildman–Crippen LogP) is 5.61. The number of aryl methyl sites for hydroxylation is 2. The number of nitrogens with zero attached hydrogens (tertiary/aromatic N) is 3. The summed E-state index contributed by atoms with van der Waals surface area (Å²) in [5.74, 6) is -2.23. The molecule has 0 radical (unpaired) electrons. The molecule has 6 atom stereocenters. The van der Waals surface area contributed by atoms with Gasteiger partial charge in [-0.1, -0.05) is 62.2 Å². The van der Waals surface area contributed by atoms with E-state index in [0.717, 1.165) is 35.3 Å². The third-order valence-electron chi connectivity index (χ3n) is 10.5. The lowest BCUT2D eigenvalue weighted by Gasteiger charge is -2.39. The molecule has 2 bridgehead atoms. The molecule has 1 spiro atoms. The molecule has 3 unspecified atom stereocenters. The van der Waals surface area contributed by atoms with Gasteiger partial charge in [-0.25, -0.2) is 0 Å². The van der Waals surface area contributed by atoms with Crippen LogP contribution in [0.25, 0.3) is 0 Å². The molecule has 3 aliphatic rings. The number of hydrogen-bond donors (Lipinski definition) is 1. The van der Waals surface area contributed by atoms with Gasteiger partial charge in [0, 0.05) is 37.6 Å². The maximum absolute atomic E-state index is 15.0. The molecule has 3 aliphatic heterocycles. The van der Waals surface area contributed by atoms with Gasteiger partial charge in [-0.15, -0.1) is 13.2 Å². The summed E-state index contributed by atoms with van der Waals surface area (Å²) >= 11 is 0. The highest BCUT2D eigenvalue weighted by Gasteiger charge is 2.80. The number of amides is 3. The number of carbonyl (C=O) groups is 3. The fraction of sp³-hybridized carbons (Fsp3) is 0.500. The first-order valence-electron chi connectivity index (χ1n) is 16.6. The van der Waals surface area contributed by atoms with Crippen LogP contribution in [0.1, 0.15) is 57.1 Å². The topological polar surface area (TPSA) is 90.4 Å². The van der Waals surface area contributed by atoms with Crippen molar-refractivity contribution >= 4 is 29.1 Å². The quantitative estimate of drug-likeness (QED) is 0.217. The maximum Gasteiger partial charge on any atom is 0.253 e. The second kappa shape index (κ2) is 13.5. The van der Waals surface area contributed by atoms with Crippen molar-refractivity contribution in [1.82, 2.24) is 4.90 Å². The molecular formula is C38H49N3O5. The number of benzene rings is 2. The lowest BCUT2D eigenvalue weighted by atomic mass is 9.62. The lowest BCUT2D eigenvalue weighted by molar-refractivity contribution is -0.145. The summed E-state index contributed by atoms with van der Waals surface area (Å²) in [6.07, 6.45) is 6.92. The second-order valence-corrected chi connectivity index (χ2v) is 13.5. The molecule has 0 aliphatic carbocycles. The Morgan fingerprint density at radius 2 is 1.67 bits per heavy atom. The van der Waals surface area contributed by atoms with E-state index in [9.17, 15) is 14.7 Å². The minimum Gasteiger partial charge on any atom is -0.396 e. The number of anilines is 2. The number of fused-ring (bicyclic) bond motifs is 1. The van der Waals surface area contributed by atoms with Crippen LogP contribution < -0.4 is 9.80 Å². The molecule has 0 saturated carbocycles. The van der Waals surface area contributed by atoms with Gasteiger partial charge in [0.15, 0.2) is 0 Å². The first kappa shape index (κ1) is 33.6. The molecule has 246 valence electrons. The Morgan fingerprint density at radius 3 is 2.35 bits per heavy atom. The fourth-order valence-electron chi connectivity index (χ4n) is 8.20. The van der Waals surface area contributed by atoms with E-state index in [1.165, 1.54) is 0 Å². The third kappa shape index (κ3) is 5.60. The van der Waals surface area contributed by atoms with Gasteiger partial charge in [0.05, 0.1) is 17.4 Å². The van der Waals surface area contributed by atoms with Gasteiger partial charge < -0.3 is 24.5 Å². The first-order chi connectivity index (χ1) is 22.0. The molecule has 0 aromatic heterocycles. The Morgan fingerprint density at radius 1 is 1.00 bits per heavy atom. The van der Waals surface area contributed by atoms with Crippen molar-refractivity contribution in [3.8, 4) is 0 Å². The van der Waals surface area contributed by atoms with Gasteiger partial charge in [-0.05, 0) is 75.3 Å². The normalized spacial score (nSPS) is 27.8. The minimum atomic E-state index is -1.15. The molecule has 3 fully saturated rings. The number of carbonyl (C=O) groups excluding carboxylic acids is 3. The Balaban J connectivity index is 1.60. The van der Waals surface area contributed by atoms with Crippen LogP contribution in [0.15, 0.2) is 73.8 Å². The molecule has 2 aromatic carbocycles. The summed E-state index contributed by atoms with van der Waals surface area (Å²) in [6.45, 7) is 16.9. The number of unbranched alkanes of at least 4 members (excludes halogenated alkanes) is 3. The smallest absolute Gasteiger partial charge is 0.253 e. The standard InChI is InChI=1S/C38H49N3O5/c1-7-20-39(29-16-12-11-13-17-29)34(43)31-32-35(44)41(22-14-9-10-15-23-42)33(38(32)25-28(5)37(31,6)46-38)36(45)40(21-8-2)30-24-26(3)18-19-27(30)4/h7-8,11-13,16-19,24,28,31-33,42H,1-2,9-10,14-15,20-23,25H2,3-6H3/t28?,31-,32+,33?,37+,38?/m1/s1. The van der Waals surface area contributed by atoms with E-state index in [-0.39, 0.29) is 43.3 Å². The summed E-state index contributed by atoms with van der Waals surface area (Å²) < 4.78 is 7.04. The van der Waals surface area contributed by atoms with Crippen molar-refractivity contribution in [2.45, 2.75) is 77.0 Å². The fourth-order valence-corrected chi connectivity index (χ4v) is 8.20. The van der Waals surface area contributed by atoms with Crippen LogP contribution in [-0.2, 0) is 19.1 Å². The van der Waals surface area contributed by atoms with Gasteiger partial charge in [-0.2, -0.15) is 0 Å². The van der Waals surface area contributed by atoms with Crippen molar-refractivity contribution < 1.29 is 24.2 Å². The van der Waals surface area contributed by atoms with E-state index >= 15 is 4.79 Å². The van der Waals surface area contributed by atoms with Crippen LogP contribution in [0.4, 0.5) is 11.4 Å². The summed E-state index contributed by atoms with van der Waals surface area (Å²) in [4.78, 5) is 49.6. The number of hydrogen-bond acceptors (Lipinski definition) is 5. The Hall–Kier alpha value is -3.75. The molecular weight excluding hydrogens is 578 g/mol. The average molecular weight is 628 g/mol. The molecule has 8 nitrogen and oxygen atoms in total. The zero-order chi connectivity index (χ0) is 33.2. The largest absolute Gasteiger partial charge is 0.396 e. The molecule has 8 heteroatoms. The number of aliphatic hydroxyl groups is 1. The predicted molar refractivity (Wildman–Crippen MR) is 181 cm³/mol. The zero-order valence-corrected chi connectivity index (χ0v) is 27.8. The summed E-state index contributed by atoms with van der Waals surface area (Å²) in [5, 5.41) is 9.29. The van der Waals surface area contributed by atoms with Gasteiger partial charge in [-0.3, -0.25) is 14.4 Å². The molecule has 3 heterocycles. The molecule has 46 heavy (non-hydrogen) atoms. The highest BCUT2D eigenvalue weighted by Crippen LogP contribution is 2.65. The highest BCUT2D eigenvalue weighted by molar-refractivity contribution is 6.07. The van der Waals surface area contributed by atoms with Crippen molar-refractivity contribution in [3.05, 3.63) is 85.0 Å². The molecule has 2 aromatic rings. The second-order valence-electron chi connectivity index (χ2n) is 13.5. The van der Waals surface area contributed by atoms with Crippen molar-refractivity contribution in [2.75, 3.05) is 36.0 Å². The van der Waals surface area contributed by atoms with Gasteiger partial charge in [0.1, 0.15) is 11.6 Å². The number of aliphatic hydroxyl groups excluding tert-OH is 1. The lowest BCUT2D eigenvalue weighted by Crippen LogP contribution is -2.57. The molecule has 3 saturated heterocycles. The van der Waals surface area contributed by atoms with Crippen molar-refractivity contribution in [2.24, 2.45) is 17.8 Å². The number of rotatable bonds is 14. The van der Waals surface area contributed by atoms with Crippen molar-refractivity contribution in [1.29, 1.82) is 0 Å². The number of ether oxygens (including phenoxy) is 1. The van der Waals surface area contributed by atoms with Crippen LogP contribution in [0, 0.1) is 31.6 Å². The van der Waals surface area contributed by atoms with E-state index in [1.54, 1.807) is 26.9 Å². The Labute approximate surface area is 273 Å². The van der Waals surface area contributed by atoms with Crippen LogP contribution in [0.5, 0.6) is 0 Å². The average Bonchev–Trinajstić information content (AvgIpc) is 3.55. The Kier molecular flexibility index (Phi) is 9.89. The van der Waals surface area contributed by atoms with E-state index in [4.69, 9.17) is 4.74 Å². The highest BCUT2D eigenvalue weighted by atomic mass is 16.5. The molecule has 3 amide bonds. The van der Waals surface area contributed by atoms with E-state index in [1.807, 2.05) is 69.3 Å². The van der Waals surface area contributed by atoms with E-state index in [0.29, 0.717) is 25.8 Å². The van der Waals surface area contributed by atoms with Crippen molar-refractivity contribution in [3.63, 3.8) is 0 Å². The van der Waals surface area contributed by atoms with Crippen LogP contribution >= 0.6 is 0 Å². The van der Waals surface area contributed by atoms with Crippen LogP contribution in [0.2, 0.25) is 0 Å². The third-order valence-corrected chi connectivity index (χ3v) is 10.5. The number of para-hydroxylation sites is 1. The van der Waals surface area contributed by atoms with Gasteiger partial charge >= 0.3 is 0 Å². The van der Waals surface area contributed by atoms with Gasteiger partial charge in [0.2, 0.25) is 11.8 Å². The summed E-state index contributed by atoms with van der Waals surface area (Å²) in [5.41, 5.74) is 1.39. The van der Waals surface area contributed by atoms with Crippen LogP contribution in [0.3, 0.4) is 0 Å². The molecule has 1 N–H and O–H groups in total. The number of likely N-dealkylation sites (tertiary alicyclic amines) is 1. The molecule has 5 rings (SSSR count). The SMILES string of the molecule is C=CCN(C(=O)[C@H]1[C@H]2C(=O)N(CCCCCCO)C(C(=O)N(CC=C)c3cc(C)ccc3C)C23CC(C)[C@]1(C)O3)c1ccccc1. The summed E-state index contributed by atoms with van der Waals surface area (Å²) in [7, 11) is 0. The van der Waals surface area contributed by atoms with E-state index in [2.05, 4.69) is 20.1 Å². The monoisotopic (exact) mass is 627 g/mol. The Bertz CT molecular complexity index is 1480. The van der Waals surface area contributed by atoms with E-state index < -0.39 is 29.1 Å².